The van der Waals surface area contributed by atoms with Gasteiger partial charge >= 0.3 is 0 Å². The second-order valence-electron chi connectivity index (χ2n) is 4.08. The van der Waals surface area contributed by atoms with Gasteiger partial charge in [-0.3, -0.25) is 9.59 Å². The van der Waals surface area contributed by atoms with Crippen molar-refractivity contribution in [2.45, 2.75) is 20.3 Å². The van der Waals surface area contributed by atoms with Crippen LogP contribution in [-0.4, -0.2) is 18.2 Å². The highest BCUT2D eigenvalue weighted by Gasteiger charge is 2.29. The summed E-state index contributed by atoms with van der Waals surface area (Å²) in [6, 6.07) is 3.68. The molecule has 0 unspecified atom stereocenters. The van der Waals surface area contributed by atoms with Gasteiger partial charge in [0.05, 0.1) is 13.0 Å². The number of nitrogens with zero attached hydrogens (tertiary/aromatic N) is 1. The van der Waals surface area contributed by atoms with Gasteiger partial charge in [0.15, 0.2) is 5.78 Å². The lowest BCUT2D eigenvalue weighted by atomic mass is 10.1. The van der Waals surface area contributed by atoms with Crippen LogP contribution in [0.25, 0.3) is 0 Å². The van der Waals surface area contributed by atoms with Gasteiger partial charge in [-0.25, -0.2) is 0 Å². The lowest BCUT2D eigenvalue weighted by Crippen LogP contribution is -2.25. The third-order valence-corrected chi connectivity index (χ3v) is 3.16. The second-order valence-corrected chi connectivity index (χ2v) is 4.49. The van der Waals surface area contributed by atoms with Crippen molar-refractivity contribution in [1.29, 1.82) is 0 Å². The third-order valence-electron chi connectivity index (χ3n) is 2.75. The van der Waals surface area contributed by atoms with Crippen molar-refractivity contribution in [3.8, 4) is 0 Å². The van der Waals surface area contributed by atoms with Gasteiger partial charge in [0.1, 0.15) is 0 Å². The van der Waals surface area contributed by atoms with Crippen molar-refractivity contribution in [1.82, 2.24) is 0 Å². The molecule has 1 aromatic carbocycles. The normalized spacial score (nSPS) is 16.1. The summed E-state index contributed by atoms with van der Waals surface area (Å²) >= 11 is 5.99. The maximum Gasteiger partial charge on any atom is 0.234 e. The van der Waals surface area contributed by atoms with Gasteiger partial charge < -0.3 is 4.90 Å². The average Bonchev–Trinajstić information content (AvgIpc) is 2.51. The molecule has 1 amide bonds. The maximum atomic E-state index is 11.6. The number of hydrogen-bond acceptors (Lipinski definition) is 2. The molecule has 1 aliphatic rings. The number of rotatable bonds is 1. The van der Waals surface area contributed by atoms with E-state index in [1.807, 2.05) is 26.0 Å². The smallest absolute Gasteiger partial charge is 0.234 e. The summed E-state index contributed by atoms with van der Waals surface area (Å²) in [5, 5.41) is 0.680. The number of aryl methyl sites for hydroxylation is 2. The van der Waals surface area contributed by atoms with Crippen molar-refractivity contribution in [2.24, 2.45) is 0 Å². The van der Waals surface area contributed by atoms with E-state index in [9.17, 15) is 9.59 Å². The van der Waals surface area contributed by atoms with Crippen LogP contribution >= 0.6 is 11.6 Å². The van der Waals surface area contributed by atoms with Gasteiger partial charge in [-0.05, 0) is 37.1 Å². The monoisotopic (exact) mass is 237 g/mol. The number of halogens is 1. The molecule has 0 radical (unpaired) electrons. The van der Waals surface area contributed by atoms with Crippen LogP contribution in [0.5, 0.6) is 0 Å². The number of amides is 1. The highest BCUT2D eigenvalue weighted by Crippen LogP contribution is 2.29. The highest BCUT2D eigenvalue weighted by molar-refractivity contribution is 6.31. The van der Waals surface area contributed by atoms with Crippen LogP contribution in [0.4, 0.5) is 5.69 Å². The molecule has 0 bridgehead atoms. The Morgan fingerprint density at radius 2 is 1.88 bits per heavy atom. The van der Waals surface area contributed by atoms with Gasteiger partial charge in [-0.2, -0.15) is 0 Å². The minimum Gasteiger partial charge on any atom is -0.304 e. The number of Topliss-reactive ketones (excluding diaryl/α,β-unsaturated/α-hetero) is 1. The van der Waals surface area contributed by atoms with Crippen LogP contribution in [0.15, 0.2) is 12.1 Å². The van der Waals surface area contributed by atoms with Crippen LogP contribution in [-0.2, 0) is 9.59 Å². The fraction of sp³-hybridized carbons (Fsp3) is 0.333. The molecule has 0 aliphatic carbocycles. The molecule has 3 nitrogen and oxygen atoms in total. The van der Waals surface area contributed by atoms with Crippen LogP contribution < -0.4 is 4.90 Å². The Bertz CT molecular complexity index is 482. The van der Waals surface area contributed by atoms with Crippen LogP contribution in [0.3, 0.4) is 0 Å². The lowest BCUT2D eigenvalue weighted by Gasteiger charge is -2.18. The van der Waals surface area contributed by atoms with E-state index in [4.69, 9.17) is 11.6 Å². The van der Waals surface area contributed by atoms with E-state index < -0.39 is 0 Å². The summed E-state index contributed by atoms with van der Waals surface area (Å²) in [6.07, 6.45) is 0.0150. The number of hydrogen-bond donors (Lipinski definition) is 0. The predicted octanol–water partition coefficient (Wildman–Crippen LogP) is 2.26. The zero-order valence-electron chi connectivity index (χ0n) is 9.21. The Morgan fingerprint density at radius 3 is 2.44 bits per heavy atom. The van der Waals surface area contributed by atoms with Gasteiger partial charge in [-0.1, -0.05) is 11.6 Å². The summed E-state index contributed by atoms with van der Waals surface area (Å²) in [5.41, 5.74) is 2.62. The first-order chi connectivity index (χ1) is 7.49. The topological polar surface area (TPSA) is 37.4 Å². The van der Waals surface area contributed by atoms with E-state index >= 15 is 0 Å². The van der Waals surface area contributed by atoms with Gasteiger partial charge in [0.2, 0.25) is 5.91 Å². The van der Waals surface area contributed by atoms with Crippen molar-refractivity contribution in [3.05, 3.63) is 28.3 Å². The third kappa shape index (κ3) is 1.83. The summed E-state index contributed by atoms with van der Waals surface area (Å²) in [6.45, 7) is 3.95. The first-order valence-electron chi connectivity index (χ1n) is 5.08. The minimum atomic E-state index is -0.130. The molecule has 1 aromatic rings. The van der Waals surface area contributed by atoms with Gasteiger partial charge in [-0.15, -0.1) is 0 Å². The van der Waals surface area contributed by atoms with Crippen molar-refractivity contribution in [2.75, 3.05) is 11.4 Å². The minimum absolute atomic E-state index is 0.0150. The molecule has 0 saturated carbocycles. The summed E-state index contributed by atoms with van der Waals surface area (Å²) in [5.74, 6) is -0.160. The molecule has 0 N–H and O–H groups in total. The molecule has 4 heteroatoms. The highest BCUT2D eigenvalue weighted by atomic mass is 35.5. The van der Waals surface area contributed by atoms with E-state index in [0.29, 0.717) is 5.02 Å². The molecule has 1 heterocycles. The van der Waals surface area contributed by atoms with Crippen molar-refractivity contribution >= 4 is 29.0 Å². The van der Waals surface area contributed by atoms with E-state index in [1.165, 1.54) is 4.90 Å². The van der Waals surface area contributed by atoms with Crippen LogP contribution in [0, 0.1) is 13.8 Å². The Hall–Kier alpha value is -1.35. The SMILES string of the molecule is Cc1cc(N2CC(=O)CC2=O)c(C)cc1Cl. The van der Waals surface area contributed by atoms with E-state index in [0.717, 1.165) is 16.8 Å². The number of carbonyl (C=O) groups excluding carboxylic acids is 2. The number of anilines is 1. The largest absolute Gasteiger partial charge is 0.304 e. The molecule has 1 fully saturated rings. The summed E-state index contributed by atoms with van der Waals surface area (Å²) in [4.78, 5) is 24.3. The Kier molecular flexibility index (Phi) is 2.72. The fourth-order valence-corrected chi connectivity index (χ4v) is 2.08. The predicted molar refractivity (Wildman–Crippen MR) is 62.9 cm³/mol. The van der Waals surface area contributed by atoms with Crippen molar-refractivity contribution in [3.63, 3.8) is 0 Å². The van der Waals surface area contributed by atoms with E-state index in [-0.39, 0.29) is 24.7 Å². The molecule has 16 heavy (non-hydrogen) atoms. The average molecular weight is 238 g/mol. The lowest BCUT2D eigenvalue weighted by molar-refractivity contribution is -0.121. The van der Waals surface area contributed by atoms with Crippen molar-refractivity contribution < 1.29 is 9.59 Å². The van der Waals surface area contributed by atoms with Crippen LogP contribution in [0.2, 0.25) is 5.02 Å². The second kappa shape index (κ2) is 3.91. The molecule has 1 saturated heterocycles. The summed E-state index contributed by atoms with van der Waals surface area (Å²) < 4.78 is 0. The van der Waals surface area contributed by atoms with E-state index in [2.05, 4.69) is 0 Å². The van der Waals surface area contributed by atoms with Gasteiger partial charge in [0, 0.05) is 10.7 Å². The number of benzene rings is 1. The fourth-order valence-electron chi connectivity index (χ4n) is 1.86. The molecular formula is C12H12ClNO2. The Balaban J connectivity index is 2.45. The zero-order chi connectivity index (χ0) is 11.9. The Labute approximate surface area is 99.0 Å². The molecule has 0 aromatic heterocycles. The molecule has 0 atom stereocenters. The molecule has 2 rings (SSSR count). The van der Waals surface area contributed by atoms with E-state index in [1.54, 1.807) is 0 Å². The molecule has 0 spiro atoms. The first-order valence-corrected chi connectivity index (χ1v) is 5.45. The number of ketones is 1. The zero-order valence-corrected chi connectivity index (χ0v) is 9.97. The first kappa shape index (κ1) is 11.1. The summed E-state index contributed by atoms with van der Waals surface area (Å²) in [7, 11) is 0. The number of carbonyl (C=O) groups is 2. The Morgan fingerprint density at radius 1 is 1.19 bits per heavy atom. The molecule has 1 aliphatic heterocycles. The maximum absolute atomic E-state index is 11.6. The standard InChI is InChI=1S/C12H12ClNO2/c1-7-4-11(8(2)3-10(7)13)14-6-9(15)5-12(14)16/h3-4H,5-6H2,1-2H3. The molecular weight excluding hydrogens is 226 g/mol. The van der Waals surface area contributed by atoms with Gasteiger partial charge in [0.25, 0.3) is 0 Å². The molecule has 84 valence electrons. The quantitative estimate of drug-likeness (QED) is 0.703. The van der Waals surface area contributed by atoms with Crippen LogP contribution in [0.1, 0.15) is 17.5 Å².